The van der Waals surface area contributed by atoms with Crippen molar-refractivity contribution in [3.63, 3.8) is 0 Å². The van der Waals surface area contributed by atoms with Crippen molar-refractivity contribution in [3.05, 3.63) is 41.4 Å². The minimum absolute atomic E-state index is 0.0877. The number of halogens is 1. The molecule has 1 aromatic rings. The van der Waals surface area contributed by atoms with Crippen molar-refractivity contribution in [3.8, 4) is 5.75 Å². The molecular weight excluding hydrogens is 280 g/mol. The van der Waals surface area contributed by atoms with Crippen LogP contribution < -0.4 is 10.1 Å². The van der Waals surface area contributed by atoms with E-state index < -0.39 is 0 Å². The number of ether oxygens (including phenoxy) is 1. The highest BCUT2D eigenvalue weighted by Crippen LogP contribution is 2.24. The molecule has 0 fully saturated rings. The van der Waals surface area contributed by atoms with Crippen molar-refractivity contribution in [1.29, 1.82) is 0 Å². The zero-order valence-corrected chi connectivity index (χ0v) is 12.2. The van der Waals surface area contributed by atoms with Crippen molar-refractivity contribution in [2.24, 2.45) is 0 Å². The molecule has 0 aromatic heterocycles. The lowest BCUT2D eigenvalue weighted by Crippen LogP contribution is -2.41. The number of carbonyl (C=O) groups is 1. The van der Waals surface area contributed by atoms with Gasteiger partial charge in [-0.05, 0) is 17.7 Å². The summed E-state index contributed by atoms with van der Waals surface area (Å²) in [6.45, 7) is 4.49. The van der Waals surface area contributed by atoms with Crippen LogP contribution in [-0.2, 0) is 6.54 Å². The predicted octanol–water partition coefficient (Wildman–Crippen LogP) is 2.04. The number of hydrogen-bond acceptors (Lipinski definition) is 3. The molecular formula is C14H19ClN2O3. The van der Waals surface area contributed by atoms with Crippen molar-refractivity contribution >= 4 is 17.6 Å². The molecule has 5 nitrogen and oxygen atoms in total. The van der Waals surface area contributed by atoms with Crippen LogP contribution in [0.15, 0.2) is 30.9 Å². The van der Waals surface area contributed by atoms with Crippen LogP contribution in [0.5, 0.6) is 5.75 Å². The molecule has 1 rings (SSSR count). The van der Waals surface area contributed by atoms with Gasteiger partial charge < -0.3 is 20.1 Å². The number of urea groups is 1. The summed E-state index contributed by atoms with van der Waals surface area (Å²) in [5, 5.41) is 12.2. The third kappa shape index (κ3) is 4.75. The van der Waals surface area contributed by atoms with E-state index in [9.17, 15) is 4.79 Å². The highest BCUT2D eigenvalue weighted by molar-refractivity contribution is 6.32. The van der Waals surface area contributed by atoms with Gasteiger partial charge in [0.15, 0.2) is 0 Å². The Morgan fingerprint density at radius 2 is 2.35 bits per heavy atom. The quantitative estimate of drug-likeness (QED) is 0.757. The molecule has 0 spiro atoms. The standard InChI is InChI=1S/C14H19ClN2O3/c1-3-6-17(7-8-18)14(19)16-10-11-4-5-13(20-2)12(15)9-11/h3-5,9,18H,1,6-8,10H2,2H3,(H,16,19). The maximum atomic E-state index is 11.9. The van der Waals surface area contributed by atoms with Gasteiger partial charge in [-0.15, -0.1) is 6.58 Å². The fourth-order valence-electron chi connectivity index (χ4n) is 1.66. The summed E-state index contributed by atoms with van der Waals surface area (Å²) in [4.78, 5) is 13.4. The number of methoxy groups -OCH3 is 1. The number of aliphatic hydroxyl groups is 1. The lowest BCUT2D eigenvalue weighted by molar-refractivity contribution is 0.183. The number of nitrogens with zero attached hydrogens (tertiary/aromatic N) is 1. The number of rotatable bonds is 7. The van der Waals surface area contributed by atoms with E-state index in [0.29, 0.717) is 23.9 Å². The first-order chi connectivity index (χ1) is 9.62. The maximum Gasteiger partial charge on any atom is 0.318 e. The fourth-order valence-corrected chi connectivity index (χ4v) is 1.94. The molecule has 0 saturated heterocycles. The lowest BCUT2D eigenvalue weighted by Gasteiger charge is -2.20. The van der Waals surface area contributed by atoms with E-state index in [2.05, 4.69) is 11.9 Å². The van der Waals surface area contributed by atoms with Gasteiger partial charge in [0.05, 0.1) is 18.7 Å². The Labute approximate surface area is 123 Å². The van der Waals surface area contributed by atoms with Gasteiger partial charge in [-0.25, -0.2) is 4.79 Å². The Morgan fingerprint density at radius 3 is 2.90 bits per heavy atom. The second-order valence-corrected chi connectivity index (χ2v) is 4.49. The van der Waals surface area contributed by atoms with Crippen molar-refractivity contribution < 1.29 is 14.6 Å². The third-order valence-corrected chi connectivity index (χ3v) is 2.96. The first-order valence-electron chi connectivity index (χ1n) is 6.19. The van der Waals surface area contributed by atoms with E-state index in [1.807, 2.05) is 6.07 Å². The molecule has 0 atom stereocenters. The minimum atomic E-state index is -0.258. The van der Waals surface area contributed by atoms with Crippen molar-refractivity contribution in [1.82, 2.24) is 10.2 Å². The van der Waals surface area contributed by atoms with Gasteiger partial charge >= 0.3 is 6.03 Å². The van der Waals surface area contributed by atoms with Crippen LogP contribution in [0, 0.1) is 0 Å². The first-order valence-corrected chi connectivity index (χ1v) is 6.57. The summed E-state index contributed by atoms with van der Waals surface area (Å²) in [6, 6.07) is 5.06. The average molecular weight is 299 g/mol. The van der Waals surface area contributed by atoms with Crippen LogP contribution in [-0.4, -0.2) is 42.8 Å². The Bertz CT molecular complexity index is 466. The van der Waals surface area contributed by atoms with E-state index >= 15 is 0 Å². The van der Waals surface area contributed by atoms with Gasteiger partial charge in [-0.1, -0.05) is 23.7 Å². The van der Waals surface area contributed by atoms with Gasteiger partial charge in [-0.3, -0.25) is 0 Å². The van der Waals surface area contributed by atoms with E-state index in [1.165, 1.54) is 4.90 Å². The molecule has 0 bridgehead atoms. The molecule has 2 amide bonds. The topological polar surface area (TPSA) is 61.8 Å². The summed E-state index contributed by atoms with van der Waals surface area (Å²) in [7, 11) is 1.55. The maximum absolute atomic E-state index is 11.9. The molecule has 0 saturated carbocycles. The summed E-state index contributed by atoms with van der Waals surface area (Å²) < 4.78 is 5.06. The summed E-state index contributed by atoms with van der Waals surface area (Å²) in [5.74, 6) is 0.593. The summed E-state index contributed by atoms with van der Waals surface area (Å²) >= 11 is 6.01. The van der Waals surface area contributed by atoms with E-state index in [1.54, 1.807) is 25.3 Å². The monoisotopic (exact) mass is 298 g/mol. The molecule has 0 radical (unpaired) electrons. The molecule has 20 heavy (non-hydrogen) atoms. The Balaban J connectivity index is 2.59. The zero-order valence-electron chi connectivity index (χ0n) is 11.4. The fraction of sp³-hybridized carbons (Fsp3) is 0.357. The van der Waals surface area contributed by atoms with Crippen LogP contribution >= 0.6 is 11.6 Å². The summed E-state index contributed by atoms with van der Waals surface area (Å²) in [5.41, 5.74) is 0.867. The number of nitrogens with one attached hydrogen (secondary N) is 1. The Kier molecular flexibility index (Phi) is 6.90. The van der Waals surface area contributed by atoms with E-state index in [-0.39, 0.29) is 19.2 Å². The second-order valence-electron chi connectivity index (χ2n) is 4.09. The smallest absolute Gasteiger partial charge is 0.318 e. The SMILES string of the molecule is C=CCN(CCO)C(=O)NCc1ccc(OC)c(Cl)c1. The number of hydrogen-bond donors (Lipinski definition) is 2. The molecule has 110 valence electrons. The largest absolute Gasteiger partial charge is 0.495 e. The highest BCUT2D eigenvalue weighted by atomic mass is 35.5. The Morgan fingerprint density at radius 1 is 1.60 bits per heavy atom. The molecule has 0 heterocycles. The predicted molar refractivity (Wildman–Crippen MR) is 79.1 cm³/mol. The van der Waals surface area contributed by atoms with Crippen LogP contribution in [0.25, 0.3) is 0 Å². The number of aliphatic hydroxyl groups excluding tert-OH is 1. The van der Waals surface area contributed by atoms with Gasteiger partial charge in [-0.2, -0.15) is 0 Å². The zero-order chi connectivity index (χ0) is 15.0. The number of benzene rings is 1. The summed E-state index contributed by atoms with van der Waals surface area (Å²) in [6.07, 6.45) is 1.61. The number of carbonyl (C=O) groups excluding carboxylic acids is 1. The van der Waals surface area contributed by atoms with Crippen LogP contribution in [0.3, 0.4) is 0 Å². The van der Waals surface area contributed by atoms with Crippen LogP contribution in [0.2, 0.25) is 5.02 Å². The third-order valence-electron chi connectivity index (χ3n) is 2.67. The molecule has 0 aliphatic carbocycles. The minimum Gasteiger partial charge on any atom is -0.495 e. The van der Waals surface area contributed by atoms with Crippen molar-refractivity contribution in [2.45, 2.75) is 6.54 Å². The van der Waals surface area contributed by atoms with Crippen molar-refractivity contribution in [2.75, 3.05) is 26.8 Å². The normalized spacial score (nSPS) is 9.95. The highest BCUT2D eigenvalue weighted by Gasteiger charge is 2.11. The van der Waals surface area contributed by atoms with Crippen LogP contribution in [0.1, 0.15) is 5.56 Å². The number of amides is 2. The van der Waals surface area contributed by atoms with Gasteiger partial charge in [0.1, 0.15) is 5.75 Å². The molecule has 6 heteroatoms. The van der Waals surface area contributed by atoms with Gasteiger partial charge in [0.25, 0.3) is 0 Å². The molecule has 2 N–H and O–H groups in total. The average Bonchev–Trinajstić information content (AvgIpc) is 2.44. The molecule has 0 aliphatic heterocycles. The van der Waals surface area contributed by atoms with Crippen LogP contribution in [0.4, 0.5) is 4.79 Å². The molecule has 1 aromatic carbocycles. The Hall–Kier alpha value is -1.72. The molecule has 0 unspecified atom stereocenters. The first kappa shape index (κ1) is 16.3. The lowest BCUT2D eigenvalue weighted by atomic mass is 10.2. The van der Waals surface area contributed by atoms with Gasteiger partial charge in [0, 0.05) is 19.6 Å². The molecule has 0 aliphatic rings. The van der Waals surface area contributed by atoms with Gasteiger partial charge in [0.2, 0.25) is 0 Å². The second kappa shape index (κ2) is 8.45. The van der Waals surface area contributed by atoms with E-state index in [4.69, 9.17) is 21.4 Å². The van der Waals surface area contributed by atoms with E-state index in [0.717, 1.165) is 5.56 Å².